The summed E-state index contributed by atoms with van der Waals surface area (Å²) in [5, 5.41) is 9.95. The average molecular weight is 211 g/mol. The summed E-state index contributed by atoms with van der Waals surface area (Å²) in [5.41, 5.74) is 6.06. The Morgan fingerprint density at radius 1 is 1.60 bits per heavy atom. The zero-order valence-corrected chi connectivity index (χ0v) is 8.51. The number of amidine groups is 1. The Bertz CT molecular complexity index is 355. The highest BCUT2D eigenvalue weighted by Gasteiger charge is 2.02. The van der Waals surface area contributed by atoms with Gasteiger partial charge in [-0.2, -0.15) is 0 Å². The van der Waals surface area contributed by atoms with E-state index in [1.165, 1.54) is 13.2 Å². The first-order chi connectivity index (χ1) is 7.13. The minimum Gasteiger partial charge on any atom is -0.494 e. The summed E-state index contributed by atoms with van der Waals surface area (Å²) in [5.74, 6) is -0.0889. The van der Waals surface area contributed by atoms with Crippen LogP contribution < -0.4 is 15.8 Å². The molecule has 0 unspecified atom stereocenters. The Hall–Kier alpha value is -1.62. The Kier molecular flexibility index (Phi) is 4.05. The van der Waals surface area contributed by atoms with Crippen molar-refractivity contribution in [1.29, 1.82) is 5.41 Å². The molecule has 0 amide bonds. The lowest BCUT2D eigenvalue weighted by Gasteiger charge is -2.06. The zero-order chi connectivity index (χ0) is 11.3. The van der Waals surface area contributed by atoms with Crippen LogP contribution >= 0.6 is 0 Å². The van der Waals surface area contributed by atoms with Crippen LogP contribution in [0.5, 0.6) is 5.75 Å². The minimum atomic E-state index is -0.382. The van der Waals surface area contributed by atoms with E-state index in [1.807, 2.05) is 0 Å². The zero-order valence-electron chi connectivity index (χ0n) is 8.51. The van der Waals surface area contributed by atoms with Gasteiger partial charge in [0.05, 0.1) is 13.7 Å². The van der Waals surface area contributed by atoms with Crippen LogP contribution in [0.1, 0.15) is 5.56 Å². The molecule has 1 rings (SSSR count). The van der Waals surface area contributed by atoms with E-state index < -0.39 is 0 Å². The lowest BCUT2D eigenvalue weighted by Crippen LogP contribution is -2.27. The molecular weight excluding hydrogens is 197 g/mol. The maximum absolute atomic E-state index is 13.0. The van der Waals surface area contributed by atoms with Crippen LogP contribution in [0.2, 0.25) is 0 Å². The Morgan fingerprint density at radius 2 is 2.33 bits per heavy atom. The molecule has 0 saturated heterocycles. The number of ether oxygens (including phenoxy) is 1. The lowest BCUT2D eigenvalue weighted by molar-refractivity contribution is 0.386. The van der Waals surface area contributed by atoms with Crippen LogP contribution in [-0.2, 0) is 6.54 Å². The molecular formula is C10H14FN3O. The first-order valence-corrected chi connectivity index (χ1v) is 4.49. The fourth-order valence-corrected chi connectivity index (χ4v) is 1.16. The Balaban J connectivity index is 2.58. The van der Waals surface area contributed by atoms with E-state index in [0.29, 0.717) is 13.1 Å². The van der Waals surface area contributed by atoms with E-state index in [-0.39, 0.29) is 17.4 Å². The van der Waals surface area contributed by atoms with Gasteiger partial charge < -0.3 is 15.8 Å². The van der Waals surface area contributed by atoms with Crippen molar-refractivity contribution >= 4 is 5.84 Å². The third kappa shape index (κ3) is 3.55. The van der Waals surface area contributed by atoms with Gasteiger partial charge in [-0.3, -0.25) is 5.41 Å². The number of nitrogens with one attached hydrogen (secondary N) is 2. The van der Waals surface area contributed by atoms with Gasteiger partial charge in [0, 0.05) is 6.54 Å². The first kappa shape index (κ1) is 11.5. The second kappa shape index (κ2) is 5.31. The van der Waals surface area contributed by atoms with E-state index in [9.17, 15) is 4.39 Å². The number of methoxy groups -OCH3 is 1. The number of hydrogen-bond donors (Lipinski definition) is 3. The highest BCUT2D eigenvalue weighted by atomic mass is 19.1. The van der Waals surface area contributed by atoms with E-state index in [0.717, 1.165) is 5.56 Å². The second-order valence-electron chi connectivity index (χ2n) is 3.10. The van der Waals surface area contributed by atoms with Crippen LogP contribution in [0.3, 0.4) is 0 Å². The molecule has 0 heterocycles. The normalized spacial score (nSPS) is 10.0. The molecule has 0 spiro atoms. The Morgan fingerprint density at radius 3 is 2.93 bits per heavy atom. The summed E-state index contributed by atoms with van der Waals surface area (Å²) in [6.07, 6.45) is 0. The van der Waals surface area contributed by atoms with Gasteiger partial charge in [-0.25, -0.2) is 4.39 Å². The third-order valence-electron chi connectivity index (χ3n) is 1.86. The van der Waals surface area contributed by atoms with Gasteiger partial charge in [-0.15, -0.1) is 0 Å². The van der Waals surface area contributed by atoms with Crippen LogP contribution in [0.15, 0.2) is 18.2 Å². The van der Waals surface area contributed by atoms with Crippen molar-refractivity contribution < 1.29 is 9.13 Å². The molecule has 0 radical (unpaired) electrons. The van der Waals surface area contributed by atoms with Crippen LogP contribution in [0.25, 0.3) is 0 Å². The van der Waals surface area contributed by atoms with E-state index in [4.69, 9.17) is 15.9 Å². The minimum absolute atomic E-state index is 0.0732. The van der Waals surface area contributed by atoms with E-state index in [2.05, 4.69) is 5.32 Å². The largest absolute Gasteiger partial charge is 0.494 e. The van der Waals surface area contributed by atoms with Gasteiger partial charge in [0.25, 0.3) is 0 Å². The smallest absolute Gasteiger partial charge is 0.165 e. The molecule has 0 aliphatic rings. The van der Waals surface area contributed by atoms with Crippen LogP contribution in [0, 0.1) is 11.2 Å². The number of halogens is 1. The molecule has 0 fully saturated rings. The molecule has 4 N–H and O–H groups in total. The Labute approximate surface area is 87.7 Å². The topological polar surface area (TPSA) is 71.1 Å². The predicted octanol–water partition coefficient (Wildman–Crippen LogP) is 0.860. The van der Waals surface area contributed by atoms with Gasteiger partial charge >= 0.3 is 0 Å². The molecule has 82 valence electrons. The summed E-state index contributed by atoms with van der Waals surface area (Å²) in [4.78, 5) is 0. The van der Waals surface area contributed by atoms with Crippen molar-refractivity contribution in [2.24, 2.45) is 5.73 Å². The van der Waals surface area contributed by atoms with Gasteiger partial charge in [0.2, 0.25) is 0 Å². The molecule has 1 aromatic carbocycles. The van der Waals surface area contributed by atoms with Crippen molar-refractivity contribution in [2.75, 3.05) is 13.7 Å². The molecule has 0 aliphatic carbocycles. The van der Waals surface area contributed by atoms with E-state index >= 15 is 0 Å². The number of rotatable bonds is 5. The number of benzene rings is 1. The van der Waals surface area contributed by atoms with Crippen LogP contribution in [-0.4, -0.2) is 19.5 Å². The predicted molar refractivity (Wildman–Crippen MR) is 56.6 cm³/mol. The lowest BCUT2D eigenvalue weighted by atomic mass is 10.2. The van der Waals surface area contributed by atoms with Gasteiger partial charge in [-0.1, -0.05) is 6.07 Å². The fourth-order valence-electron chi connectivity index (χ4n) is 1.16. The number of nitrogens with two attached hydrogens (primary N) is 1. The monoisotopic (exact) mass is 211 g/mol. The second-order valence-corrected chi connectivity index (χ2v) is 3.10. The maximum atomic E-state index is 13.0. The van der Waals surface area contributed by atoms with Crippen molar-refractivity contribution in [1.82, 2.24) is 5.32 Å². The van der Waals surface area contributed by atoms with Gasteiger partial charge in [-0.05, 0) is 17.7 Å². The first-order valence-electron chi connectivity index (χ1n) is 4.49. The maximum Gasteiger partial charge on any atom is 0.165 e. The molecule has 4 nitrogen and oxygen atoms in total. The molecule has 0 aromatic heterocycles. The van der Waals surface area contributed by atoms with Crippen LogP contribution in [0.4, 0.5) is 4.39 Å². The molecule has 0 atom stereocenters. The third-order valence-corrected chi connectivity index (χ3v) is 1.86. The van der Waals surface area contributed by atoms with Crippen molar-refractivity contribution in [3.05, 3.63) is 29.6 Å². The molecule has 15 heavy (non-hydrogen) atoms. The SMILES string of the molecule is COc1cc(CNCC(=N)N)ccc1F. The standard InChI is InChI=1S/C10H14FN3O/c1-15-9-4-7(2-3-8(9)11)5-14-6-10(12)13/h2-4,14H,5-6H2,1H3,(H3,12,13). The molecule has 0 bridgehead atoms. The van der Waals surface area contributed by atoms with Gasteiger partial charge in [0.15, 0.2) is 11.6 Å². The number of hydrogen-bond acceptors (Lipinski definition) is 3. The summed E-state index contributed by atoms with van der Waals surface area (Å²) in [6, 6.07) is 4.62. The fraction of sp³-hybridized carbons (Fsp3) is 0.300. The highest BCUT2D eigenvalue weighted by molar-refractivity contribution is 5.78. The van der Waals surface area contributed by atoms with Gasteiger partial charge in [0.1, 0.15) is 5.84 Å². The summed E-state index contributed by atoms with van der Waals surface area (Å²) in [7, 11) is 1.42. The molecule has 1 aromatic rings. The summed E-state index contributed by atoms with van der Waals surface area (Å²) < 4.78 is 17.9. The van der Waals surface area contributed by atoms with Crippen molar-refractivity contribution in [3.63, 3.8) is 0 Å². The van der Waals surface area contributed by atoms with Crippen molar-refractivity contribution in [2.45, 2.75) is 6.54 Å². The van der Waals surface area contributed by atoms with Crippen molar-refractivity contribution in [3.8, 4) is 5.75 Å². The molecule has 0 aliphatic heterocycles. The quantitative estimate of drug-likeness (QED) is 0.499. The van der Waals surface area contributed by atoms with E-state index in [1.54, 1.807) is 12.1 Å². The summed E-state index contributed by atoms with van der Waals surface area (Å²) >= 11 is 0. The summed E-state index contributed by atoms with van der Waals surface area (Å²) in [6.45, 7) is 0.843. The highest BCUT2D eigenvalue weighted by Crippen LogP contribution is 2.17. The average Bonchev–Trinajstić information content (AvgIpc) is 2.20. The molecule has 0 saturated carbocycles. The molecule has 5 heteroatoms.